The third-order valence-electron chi connectivity index (χ3n) is 6.11. The molecule has 1 aromatic rings. The van der Waals surface area contributed by atoms with Crippen LogP contribution in [0.4, 0.5) is 0 Å². The summed E-state index contributed by atoms with van der Waals surface area (Å²) in [5.41, 5.74) is 0.595. The first-order valence-electron chi connectivity index (χ1n) is 13.1. The van der Waals surface area contributed by atoms with E-state index in [1.165, 1.54) is 0 Å². The first-order valence-corrected chi connectivity index (χ1v) is 15.0. The van der Waals surface area contributed by atoms with Gasteiger partial charge in [-0.25, -0.2) is 8.42 Å². The fourth-order valence-corrected chi connectivity index (χ4v) is 5.25. The van der Waals surface area contributed by atoms with Gasteiger partial charge < -0.3 is 26.2 Å². The number of aliphatic hydroxyl groups is 2. The van der Waals surface area contributed by atoms with Crippen molar-refractivity contribution in [2.45, 2.75) is 83.6 Å². The van der Waals surface area contributed by atoms with Crippen molar-refractivity contribution >= 4 is 27.6 Å². The SMILES string of the molecule is C=C(CC)C(=O)NC(CS(=O)(=O)CCCC)C(=O)NCC(O)C(O)C(CCCC)NC(=O)c1ccccc1. The average molecular weight is 554 g/mol. The molecule has 4 atom stereocenters. The Hall–Kier alpha value is -2.76. The highest BCUT2D eigenvalue weighted by Crippen LogP contribution is 2.11. The maximum Gasteiger partial charge on any atom is 0.251 e. The highest BCUT2D eigenvalue weighted by Gasteiger charge is 2.31. The van der Waals surface area contributed by atoms with Gasteiger partial charge in [0.05, 0.1) is 23.7 Å². The number of rotatable bonds is 18. The zero-order valence-electron chi connectivity index (χ0n) is 22.6. The Balaban J connectivity index is 2.91. The van der Waals surface area contributed by atoms with E-state index < -0.39 is 64.1 Å². The number of carbonyl (C=O) groups excluding carboxylic acids is 3. The van der Waals surface area contributed by atoms with Crippen molar-refractivity contribution in [3.63, 3.8) is 0 Å². The van der Waals surface area contributed by atoms with Gasteiger partial charge in [-0.1, -0.05) is 64.8 Å². The molecule has 0 aliphatic heterocycles. The highest BCUT2D eigenvalue weighted by atomic mass is 32.2. The molecule has 0 saturated heterocycles. The summed E-state index contributed by atoms with van der Waals surface area (Å²) in [5.74, 6) is -2.58. The van der Waals surface area contributed by atoms with Gasteiger partial charge >= 0.3 is 0 Å². The van der Waals surface area contributed by atoms with E-state index in [9.17, 15) is 33.0 Å². The molecule has 11 heteroatoms. The summed E-state index contributed by atoms with van der Waals surface area (Å²) >= 11 is 0. The number of unbranched alkanes of at least 4 members (excludes halogenated alkanes) is 2. The monoisotopic (exact) mass is 553 g/mol. The van der Waals surface area contributed by atoms with Gasteiger partial charge in [-0.2, -0.15) is 0 Å². The summed E-state index contributed by atoms with van der Waals surface area (Å²) in [6, 6.07) is 6.28. The molecule has 1 rings (SSSR count). The Morgan fingerprint density at radius 1 is 0.974 bits per heavy atom. The van der Waals surface area contributed by atoms with Crippen LogP contribution in [-0.4, -0.2) is 78.7 Å². The number of aliphatic hydroxyl groups excluding tert-OH is 2. The molecular formula is C27H43N3O7S. The average Bonchev–Trinajstić information content (AvgIpc) is 2.91. The van der Waals surface area contributed by atoms with Gasteiger partial charge in [0.25, 0.3) is 5.91 Å². The van der Waals surface area contributed by atoms with Crippen LogP contribution in [0.25, 0.3) is 0 Å². The van der Waals surface area contributed by atoms with E-state index in [1.54, 1.807) is 37.3 Å². The second kappa shape index (κ2) is 17.0. The van der Waals surface area contributed by atoms with Crippen LogP contribution < -0.4 is 16.0 Å². The Kier molecular flexibility index (Phi) is 14.8. The summed E-state index contributed by atoms with van der Waals surface area (Å²) in [5, 5.41) is 29.0. The van der Waals surface area contributed by atoms with Crippen molar-refractivity contribution in [3.05, 3.63) is 48.0 Å². The molecule has 214 valence electrons. The molecule has 0 bridgehead atoms. The van der Waals surface area contributed by atoms with E-state index in [-0.39, 0.29) is 11.3 Å². The van der Waals surface area contributed by atoms with Crippen molar-refractivity contribution in [1.29, 1.82) is 0 Å². The predicted molar refractivity (Wildman–Crippen MR) is 147 cm³/mol. The second-order valence-electron chi connectivity index (χ2n) is 9.34. The first-order chi connectivity index (χ1) is 17.9. The van der Waals surface area contributed by atoms with Gasteiger partial charge in [-0.05, 0) is 31.4 Å². The van der Waals surface area contributed by atoms with Crippen LogP contribution >= 0.6 is 0 Å². The maximum atomic E-state index is 12.9. The first kappa shape index (κ1) is 33.3. The van der Waals surface area contributed by atoms with Crippen LogP contribution in [0.2, 0.25) is 0 Å². The number of benzene rings is 1. The Morgan fingerprint density at radius 3 is 2.18 bits per heavy atom. The van der Waals surface area contributed by atoms with Crippen LogP contribution in [0.5, 0.6) is 0 Å². The smallest absolute Gasteiger partial charge is 0.251 e. The molecule has 0 aliphatic carbocycles. The third kappa shape index (κ3) is 11.7. The van der Waals surface area contributed by atoms with Crippen molar-refractivity contribution in [3.8, 4) is 0 Å². The molecule has 0 saturated carbocycles. The molecule has 0 spiro atoms. The minimum absolute atomic E-state index is 0.126. The Morgan fingerprint density at radius 2 is 1.61 bits per heavy atom. The van der Waals surface area contributed by atoms with Crippen LogP contribution in [-0.2, 0) is 19.4 Å². The topological polar surface area (TPSA) is 162 Å². The molecule has 0 heterocycles. The van der Waals surface area contributed by atoms with Crippen molar-refractivity contribution in [1.82, 2.24) is 16.0 Å². The van der Waals surface area contributed by atoms with Crippen LogP contribution in [0.1, 0.15) is 69.7 Å². The van der Waals surface area contributed by atoms with E-state index in [4.69, 9.17) is 0 Å². The lowest BCUT2D eigenvalue weighted by Gasteiger charge is -2.28. The van der Waals surface area contributed by atoms with E-state index in [0.717, 1.165) is 6.42 Å². The van der Waals surface area contributed by atoms with Crippen molar-refractivity contribution < 1.29 is 33.0 Å². The molecular weight excluding hydrogens is 510 g/mol. The molecule has 3 amide bonds. The number of hydrogen-bond donors (Lipinski definition) is 5. The molecule has 0 fully saturated rings. The van der Waals surface area contributed by atoms with Gasteiger partial charge in [-0.15, -0.1) is 0 Å². The number of amides is 3. The lowest BCUT2D eigenvalue weighted by Crippen LogP contribution is -2.55. The maximum absolute atomic E-state index is 12.9. The Bertz CT molecular complexity index is 1010. The number of nitrogens with one attached hydrogen (secondary N) is 3. The minimum Gasteiger partial charge on any atom is -0.388 e. The number of hydrogen-bond acceptors (Lipinski definition) is 7. The fourth-order valence-electron chi connectivity index (χ4n) is 3.62. The van der Waals surface area contributed by atoms with Gasteiger partial charge in [0.2, 0.25) is 11.8 Å². The molecule has 10 nitrogen and oxygen atoms in total. The lowest BCUT2D eigenvalue weighted by atomic mass is 9.99. The Labute approximate surface area is 226 Å². The van der Waals surface area contributed by atoms with E-state index in [1.807, 2.05) is 13.8 Å². The van der Waals surface area contributed by atoms with Crippen molar-refractivity contribution in [2.24, 2.45) is 0 Å². The molecule has 38 heavy (non-hydrogen) atoms. The summed E-state index contributed by atoms with van der Waals surface area (Å²) in [6.45, 7) is 8.70. The van der Waals surface area contributed by atoms with Crippen LogP contribution in [0.3, 0.4) is 0 Å². The predicted octanol–water partition coefficient (Wildman–Crippen LogP) is 1.48. The number of carbonyl (C=O) groups is 3. The number of sulfone groups is 1. The zero-order valence-corrected chi connectivity index (χ0v) is 23.4. The van der Waals surface area contributed by atoms with Gasteiger partial charge in [0.1, 0.15) is 12.1 Å². The molecule has 0 aliphatic rings. The minimum atomic E-state index is -3.65. The van der Waals surface area contributed by atoms with Crippen molar-refractivity contribution in [2.75, 3.05) is 18.1 Å². The summed E-state index contributed by atoms with van der Waals surface area (Å²) in [7, 11) is -3.65. The summed E-state index contributed by atoms with van der Waals surface area (Å²) in [6.07, 6.45) is 0.404. The molecule has 0 aromatic heterocycles. The third-order valence-corrected chi connectivity index (χ3v) is 7.86. The second-order valence-corrected chi connectivity index (χ2v) is 11.6. The zero-order chi connectivity index (χ0) is 28.7. The van der Waals surface area contributed by atoms with E-state index in [2.05, 4.69) is 22.5 Å². The normalized spacial score (nSPS) is 14.6. The highest BCUT2D eigenvalue weighted by molar-refractivity contribution is 7.91. The van der Waals surface area contributed by atoms with E-state index >= 15 is 0 Å². The molecule has 4 unspecified atom stereocenters. The molecule has 5 N–H and O–H groups in total. The van der Waals surface area contributed by atoms with Gasteiger partial charge in [0.15, 0.2) is 9.84 Å². The largest absolute Gasteiger partial charge is 0.388 e. The quantitative estimate of drug-likeness (QED) is 0.172. The lowest BCUT2D eigenvalue weighted by molar-refractivity contribution is -0.127. The van der Waals surface area contributed by atoms with Crippen LogP contribution in [0, 0.1) is 0 Å². The van der Waals surface area contributed by atoms with E-state index in [0.29, 0.717) is 37.7 Å². The van der Waals surface area contributed by atoms with Crippen LogP contribution in [0.15, 0.2) is 42.5 Å². The molecule has 1 aromatic carbocycles. The molecule has 0 radical (unpaired) electrons. The summed E-state index contributed by atoms with van der Waals surface area (Å²) < 4.78 is 25.0. The van der Waals surface area contributed by atoms with Gasteiger partial charge in [-0.3, -0.25) is 14.4 Å². The fraction of sp³-hybridized carbons (Fsp3) is 0.593. The summed E-state index contributed by atoms with van der Waals surface area (Å²) in [4.78, 5) is 37.8. The standard InChI is InChI=1S/C27H43N3O7S/c1-5-8-15-21(29-26(34)20-13-11-10-12-14-20)24(32)23(31)17-28-27(35)22(30-25(33)19(4)7-3)18-38(36,37)16-9-6-2/h10-14,21-24,31-32H,4-9,15-18H2,1-3H3,(H,28,35)(H,29,34)(H,30,33). The van der Waals surface area contributed by atoms with Gasteiger partial charge in [0, 0.05) is 17.7 Å².